The van der Waals surface area contributed by atoms with Gasteiger partial charge in [-0.3, -0.25) is 0 Å². The molecular formula is C15H22N4O2. The van der Waals surface area contributed by atoms with Crippen molar-refractivity contribution in [1.82, 2.24) is 20.1 Å². The summed E-state index contributed by atoms with van der Waals surface area (Å²) in [6, 6.07) is 7.60. The Bertz CT molecular complexity index is 542. The van der Waals surface area contributed by atoms with E-state index in [2.05, 4.69) is 22.3 Å². The molecule has 0 atom stereocenters. The van der Waals surface area contributed by atoms with Crippen molar-refractivity contribution in [2.24, 2.45) is 0 Å². The number of nitrogens with one attached hydrogen (secondary N) is 1. The van der Waals surface area contributed by atoms with Gasteiger partial charge in [0.15, 0.2) is 17.3 Å². The van der Waals surface area contributed by atoms with Gasteiger partial charge in [-0.2, -0.15) is 5.10 Å². The molecule has 0 spiro atoms. The average Bonchev–Trinajstić information content (AvgIpc) is 2.96. The molecule has 0 aliphatic carbocycles. The fraction of sp³-hybridized carbons (Fsp3) is 0.467. The Balaban J connectivity index is 1.78. The minimum Gasteiger partial charge on any atom is -0.493 e. The van der Waals surface area contributed by atoms with Gasteiger partial charge >= 0.3 is 0 Å². The Kier molecular flexibility index (Phi) is 6.02. The summed E-state index contributed by atoms with van der Waals surface area (Å²) in [4.78, 5) is 4.26. The van der Waals surface area contributed by atoms with Crippen LogP contribution in [0.2, 0.25) is 0 Å². The second-order valence-corrected chi connectivity index (χ2v) is 4.60. The van der Waals surface area contributed by atoms with E-state index in [1.807, 2.05) is 24.3 Å². The van der Waals surface area contributed by atoms with Crippen LogP contribution in [0, 0.1) is 0 Å². The maximum Gasteiger partial charge on any atom is 0.164 e. The van der Waals surface area contributed by atoms with Crippen molar-refractivity contribution in [3.05, 3.63) is 36.4 Å². The molecule has 0 unspecified atom stereocenters. The first-order valence-electron chi connectivity index (χ1n) is 7.18. The molecule has 0 aliphatic rings. The molecule has 0 fully saturated rings. The molecule has 0 bridgehead atoms. The highest BCUT2D eigenvalue weighted by molar-refractivity contribution is 5.39. The van der Waals surface area contributed by atoms with Crippen LogP contribution < -0.4 is 14.8 Å². The molecule has 0 saturated heterocycles. The largest absolute Gasteiger partial charge is 0.493 e. The summed E-state index contributed by atoms with van der Waals surface area (Å²) in [6.07, 6.45) is 2.84. The molecule has 114 valence electrons. The van der Waals surface area contributed by atoms with Gasteiger partial charge in [-0.05, 0) is 25.1 Å². The maximum absolute atomic E-state index is 5.71. The Morgan fingerprint density at radius 3 is 2.81 bits per heavy atom. The van der Waals surface area contributed by atoms with E-state index < -0.39 is 0 Å². The summed E-state index contributed by atoms with van der Waals surface area (Å²) in [6.45, 7) is 4.98. The number of nitrogens with zero attached hydrogens (tertiary/aromatic N) is 3. The van der Waals surface area contributed by atoms with Gasteiger partial charge in [0.25, 0.3) is 0 Å². The summed E-state index contributed by atoms with van der Waals surface area (Å²) in [5, 5.41) is 7.66. The molecule has 1 N–H and O–H groups in total. The van der Waals surface area contributed by atoms with E-state index in [1.54, 1.807) is 18.1 Å². The van der Waals surface area contributed by atoms with Crippen molar-refractivity contribution in [1.29, 1.82) is 0 Å². The summed E-state index contributed by atoms with van der Waals surface area (Å²) in [7, 11) is 1.63. The number of methoxy groups -OCH3 is 1. The third kappa shape index (κ3) is 4.75. The van der Waals surface area contributed by atoms with Crippen molar-refractivity contribution in [2.45, 2.75) is 26.4 Å². The van der Waals surface area contributed by atoms with Crippen LogP contribution in [0.1, 0.15) is 19.2 Å². The van der Waals surface area contributed by atoms with E-state index >= 15 is 0 Å². The molecule has 2 rings (SSSR count). The van der Waals surface area contributed by atoms with Crippen molar-refractivity contribution in [2.75, 3.05) is 20.3 Å². The Morgan fingerprint density at radius 2 is 2.05 bits per heavy atom. The van der Waals surface area contributed by atoms with E-state index in [0.717, 1.165) is 30.3 Å². The van der Waals surface area contributed by atoms with Crippen LogP contribution in [-0.2, 0) is 13.1 Å². The first kappa shape index (κ1) is 15.3. The second-order valence-electron chi connectivity index (χ2n) is 4.60. The van der Waals surface area contributed by atoms with Crippen LogP contribution in [0.25, 0.3) is 0 Å². The highest BCUT2D eigenvalue weighted by atomic mass is 16.5. The standard InChI is InChI=1S/C15H22N4O2/c1-3-8-16-11-15-17-12-19(18-15)9-10-21-14-7-5-4-6-13(14)20-2/h4-7,12,16H,3,8-11H2,1-2H3. The molecule has 21 heavy (non-hydrogen) atoms. The van der Waals surface area contributed by atoms with Crippen LogP contribution in [0.5, 0.6) is 11.5 Å². The summed E-state index contributed by atoms with van der Waals surface area (Å²) >= 11 is 0. The van der Waals surface area contributed by atoms with E-state index in [9.17, 15) is 0 Å². The normalized spacial score (nSPS) is 10.6. The molecule has 2 aromatic rings. The Morgan fingerprint density at radius 1 is 1.24 bits per heavy atom. The number of benzene rings is 1. The average molecular weight is 290 g/mol. The summed E-state index contributed by atoms with van der Waals surface area (Å²) in [5.41, 5.74) is 0. The topological polar surface area (TPSA) is 61.2 Å². The van der Waals surface area contributed by atoms with Gasteiger partial charge in [-0.1, -0.05) is 19.1 Å². The predicted octanol–water partition coefficient (Wildman–Crippen LogP) is 1.87. The van der Waals surface area contributed by atoms with Gasteiger partial charge < -0.3 is 14.8 Å². The van der Waals surface area contributed by atoms with Crippen LogP contribution in [0.3, 0.4) is 0 Å². The van der Waals surface area contributed by atoms with E-state index in [4.69, 9.17) is 9.47 Å². The van der Waals surface area contributed by atoms with E-state index in [0.29, 0.717) is 19.7 Å². The number of hydrogen-bond acceptors (Lipinski definition) is 5. The number of ether oxygens (including phenoxy) is 2. The molecule has 1 aromatic heterocycles. The molecule has 0 aliphatic heterocycles. The first-order chi connectivity index (χ1) is 10.3. The highest BCUT2D eigenvalue weighted by Gasteiger charge is 2.03. The van der Waals surface area contributed by atoms with Crippen molar-refractivity contribution >= 4 is 0 Å². The number of para-hydroxylation sites is 2. The number of hydrogen-bond donors (Lipinski definition) is 1. The molecule has 1 heterocycles. The van der Waals surface area contributed by atoms with Crippen molar-refractivity contribution < 1.29 is 9.47 Å². The first-order valence-corrected chi connectivity index (χ1v) is 7.18. The molecule has 6 nitrogen and oxygen atoms in total. The monoisotopic (exact) mass is 290 g/mol. The lowest BCUT2D eigenvalue weighted by molar-refractivity contribution is 0.274. The minimum atomic E-state index is 0.519. The number of aromatic nitrogens is 3. The second kappa shape index (κ2) is 8.26. The molecule has 0 saturated carbocycles. The van der Waals surface area contributed by atoms with Gasteiger partial charge in [-0.15, -0.1) is 0 Å². The quantitative estimate of drug-likeness (QED) is 0.714. The fourth-order valence-corrected chi connectivity index (χ4v) is 1.89. The van der Waals surface area contributed by atoms with Crippen molar-refractivity contribution in [3.8, 4) is 11.5 Å². The Labute approximate surface area is 125 Å². The SMILES string of the molecule is CCCNCc1ncn(CCOc2ccccc2OC)n1. The Hall–Kier alpha value is -2.08. The zero-order valence-corrected chi connectivity index (χ0v) is 12.6. The molecular weight excluding hydrogens is 268 g/mol. The lowest BCUT2D eigenvalue weighted by Gasteiger charge is -2.09. The van der Waals surface area contributed by atoms with Crippen LogP contribution in [0.15, 0.2) is 30.6 Å². The van der Waals surface area contributed by atoms with E-state index in [1.165, 1.54) is 0 Å². The van der Waals surface area contributed by atoms with Gasteiger partial charge in [0.1, 0.15) is 12.9 Å². The lowest BCUT2D eigenvalue weighted by atomic mass is 10.3. The molecule has 0 radical (unpaired) electrons. The van der Waals surface area contributed by atoms with E-state index in [-0.39, 0.29) is 0 Å². The fourth-order valence-electron chi connectivity index (χ4n) is 1.89. The van der Waals surface area contributed by atoms with Crippen LogP contribution in [-0.4, -0.2) is 35.0 Å². The van der Waals surface area contributed by atoms with Gasteiger partial charge in [0.2, 0.25) is 0 Å². The zero-order valence-electron chi connectivity index (χ0n) is 12.6. The van der Waals surface area contributed by atoms with Crippen LogP contribution in [0.4, 0.5) is 0 Å². The summed E-state index contributed by atoms with van der Waals surface area (Å²) < 4.78 is 12.7. The predicted molar refractivity (Wildman–Crippen MR) is 80.5 cm³/mol. The molecule has 1 aromatic carbocycles. The van der Waals surface area contributed by atoms with Gasteiger partial charge in [0, 0.05) is 0 Å². The molecule has 0 amide bonds. The zero-order chi connectivity index (χ0) is 14.9. The molecule has 6 heteroatoms. The van der Waals surface area contributed by atoms with Gasteiger partial charge in [0.05, 0.1) is 20.2 Å². The van der Waals surface area contributed by atoms with Gasteiger partial charge in [-0.25, -0.2) is 9.67 Å². The third-order valence-electron chi connectivity index (χ3n) is 2.94. The smallest absolute Gasteiger partial charge is 0.164 e. The van der Waals surface area contributed by atoms with Crippen molar-refractivity contribution in [3.63, 3.8) is 0 Å². The lowest BCUT2D eigenvalue weighted by Crippen LogP contribution is -2.15. The third-order valence-corrected chi connectivity index (χ3v) is 2.94. The number of rotatable bonds is 9. The highest BCUT2D eigenvalue weighted by Crippen LogP contribution is 2.25. The maximum atomic E-state index is 5.71. The van der Waals surface area contributed by atoms with Crippen LogP contribution >= 0.6 is 0 Å². The minimum absolute atomic E-state index is 0.519. The summed E-state index contributed by atoms with van der Waals surface area (Å²) in [5.74, 6) is 2.28.